The van der Waals surface area contributed by atoms with Gasteiger partial charge in [-0.3, -0.25) is 0 Å². The van der Waals surface area contributed by atoms with Crippen LogP contribution in [0.4, 0.5) is 4.39 Å². The SMILES string of the molecule is CC.Cn1cc(C#N)c(-c2ccc(-c3ccc(F)cc3)cc2)c1C(=O)O. The number of carboxylic acid groups (broad SMARTS) is 1. The summed E-state index contributed by atoms with van der Waals surface area (Å²) in [5.41, 5.74) is 3.17. The molecule has 0 fully saturated rings. The lowest BCUT2D eigenvalue weighted by Gasteiger charge is -2.06. The zero-order valence-corrected chi connectivity index (χ0v) is 14.8. The third-order valence-corrected chi connectivity index (χ3v) is 3.86. The lowest BCUT2D eigenvalue weighted by atomic mass is 9.98. The lowest BCUT2D eigenvalue weighted by Crippen LogP contribution is -2.05. The van der Waals surface area contributed by atoms with E-state index in [0.29, 0.717) is 16.7 Å². The molecule has 1 aromatic heterocycles. The average Bonchev–Trinajstić information content (AvgIpc) is 3.01. The van der Waals surface area contributed by atoms with Crippen molar-refractivity contribution in [2.45, 2.75) is 13.8 Å². The molecular formula is C21H19FN2O2. The predicted octanol–water partition coefficient (Wildman–Crippen LogP) is 5.09. The second-order valence-corrected chi connectivity index (χ2v) is 5.38. The number of hydrogen-bond acceptors (Lipinski definition) is 2. The minimum Gasteiger partial charge on any atom is -0.477 e. The highest BCUT2D eigenvalue weighted by Gasteiger charge is 2.21. The molecule has 4 nitrogen and oxygen atoms in total. The Morgan fingerprint density at radius 1 is 1.00 bits per heavy atom. The van der Waals surface area contributed by atoms with Crippen LogP contribution in [0, 0.1) is 17.1 Å². The van der Waals surface area contributed by atoms with Gasteiger partial charge in [-0.1, -0.05) is 50.2 Å². The first-order chi connectivity index (χ1) is 12.5. The topological polar surface area (TPSA) is 66.0 Å². The predicted molar refractivity (Wildman–Crippen MR) is 99.3 cm³/mol. The van der Waals surface area contributed by atoms with Gasteiger partial charge in [0.05, 0.1) is 5.56 Å². The molecule has 0 amide bonds. The molecule has 3 rings (SSSR count). The molecule has 132 valence electrons. The summed E-state index contributed by atoms with van der Waals surface area (Å²) >= 11 is 0. The van der Waals surface area contributed by atoms with Crippen LogP contribution in [0.3, 0.4) is 0 Å². The molecule has 0 radical (unpaired) electrons. The highest BCUT2D eigenvalue weighted by molar-refractivity contribution is 5.96. The van der Waals surface area contributed by atoms with E-state index in [1.807, 2.05) is 32.0 Å². The van der Waals surface area contributed by atoms with Crippen LogP contribution in [0.15, 0.2) is 54.7 Å². The molecule has 26 heavy (non-hydrogen) atoms. The molecule has 0 aliphatic carbocycles. The maximum Gasteiger partial charge on any atom is 0.353 e. The van der Waals surface area contributed by atoms with Crippen molar-refractivity contribution in [2.24, 2.45) is 7.05 Å². The fraction of sp³-hybridized carbons (Fsp3) is 0.143. The number of carboxylic acids is 1. The number of aromatic carboxylic acids is 1. The van der Waals surface area contributed by atoms with E-state index in [2.05, 4.69) is 0 Å². The van der Waals surface area contributed by atoms with Crippen molar-refractivity contribution in [3.63, 3.8) is 0 Å². The molecule has 0 unspecified atom stereocenters. The van der Waals surface area contributed by atoms with Crippen LogP contribution in [0.1, 0.15) is 29.9 Å². The number of benzene rings is 2. The van der Waals surface area contributed by atoms with E-state index < -0.39 is 5.97 Å². The molecule has 0 aliphatic heterocycles. The Morgan fingerprint density at radius 3 is 1.92 bits per heavy atom. The van der Waals surface area contributed by atoms with Gasteiger partial charge < -0.3 is 9.67 Å². The summed E-state index contributed by atoms with van der Waals surface area (Å²) in [4.78, 5) is 11.5. The van der Waals surface area contributed by atoms with Crippen molar-refractivity contribution < 1.29 is 14.3 Å². The smallest absolute Gasteiger partial charge is 0.353 e. The summed E-state index contributed by atoms with van der Waals surface area (Å²) < 4.78 is 14.4. The van der Waals surface area contributed by atoms with Gasteiger partial charge in [0.1, 0.15) is 17.6 Å². The molecule has 1 heterocycles. The van der Waals surface area contributed by atoms with E-state index in [1.54, 1.807) is 31.3 Å². The number of rotatable bonds is 3. The average molecular weight is 350 g/mol. The van der Waals surface area contributed by atoms with Crippen molar-refractivity contribution in [3.05, 3.63) is 71.8 Å². The van der Waals surface area contributed by atoms with E-state index in [0.717, 1.165) is 11.1 Å². The first-order valence-corrected chi connectivity index (χ1v) is 8.20. The van der Waals surface area contributed by atoms with Crippen LogP contribution in [-0.2, 0) is 7.05 Å². The molecule has 0 aliphatic rings. The number of hydrogen-bond donors (Lipinski definition) is 1. The first kappa shape index (κ1) is 18.9. The quantitative estimate of drug-likeness (QED) is 0.715. The van der Waals surface area contributed by atoms with Gasteiger partial charge in [-0.05, 0) is 28.8 Å². The maximum atomic E-state index is 13.0. The van der Waals surface area contributed by atoms with Crippen LogP contribution < -0.4 is 0 Å². The van der Waals surface area contributed by atoms with Gasteiger partial charge in [0, 0.05) is 18.8 Å². The highest BCUT2D eigenvalue weighted by atomic mass is 19.1. The third-order valence-electron chi connectivity index (χ3n) is 3.86. The van der Waals surface area contributed by atoms with E-state index in [-0.39, 0.29) is 11.5 Å². The molecule has 0 spiro atoms. The van der Waals surface area contributed by atoms with Crippen LogP contribution in [0.5, 0.6) is 0 Å². The molecule has 0 bridgehead atoms. The minimum atomic E-state index is -1.09. The molecular weight excluding hydrogens is 331 g/mol. The molecule has 3 aromatic rings. The number of carbonyl (C=O) groups is 1. The number of nitrogens with zero attached hydrogens (tertiary/aromatic N) is 2. The Morgan fingerprint density at radius 2 is 1.46 bits per heavy atom. The van der Waals surface area contributed by atoms with Crippen LogP contribution in [0.2, 0.25) is 0 Å². The van der Waals surface area contributed by atoms with E-state index in [4.69, 9.17) is 0 Å². The summed E-state index contributed by atoms with van der Waals surface area (Å²) in [5.74, 6) is -1.39. The lowest BCUT2D eigenvalue weighted by molar-refractivity contribution is 0.0687. The van der Waals surface area contributed by atoms with Gasteiger partial charge in [-0.15, -0.1) is 0 Å². The summed E-state index contributed by atoms with van der Waals surface area (Å²) in [7, 11) is 1.60. The first-order valence-electron chi connectivity index (χ1n) is 8.20. The monoisotopic (exact) mass is 350 g/mol. The highest BCUT2D eigenvalue weighted by Crippen LogP contribution is 2.31. The zero-order chi connectivity index (χ0) is 19.3. The van der Waals surface area contributed by atoms with Gasteiger partial charge in [0.2, 0.25) is 0 Å². The molecule has 1 N–H and O–H groups in total. The Balaban J connectivity index is 0.00000117. The normalized spacial score (nSPS) is 9.81. The largest absolute Gasteiger partial charge is 0.477 e. The summed E-state index contributed by atoms with van der Waals surface area (Å²) in [6.07, 6.45) is 1.51. The molecule has 2 aromatic carbocycles. The van der Waals surface area contributed by atoms with Gasteiger partial charge in [-0.25, -0.2) is 9.18 Å². The second-order valence-electron chi connectivity index (χ2n) is 5.38. The number of aryl methyl sites for hydroxylation is 1. The van der Waals surface area contributed by atoms with Crippen LogP contribution >= 0.6 is 0 Å². The van der Waals surface area contributed by atoms with Crippen molar-refractivity contribution in [2.75, 3.05) is 0 Å². The third kappa shape index (κ3) is 3.65. The zero-order valence-electron chi connectivity index (χ0n) is 14.8. The Bertz CT molecular complexity index is 949. The van der Waals surface area contributed by atoms with E-state index in [1.165, 1.54) is 22.9 Å². The summed E-state index contributed by atoms with van der Waals surface area (Å²) in [6.45, 7) is 4.00. The molecule has 5 heteroatoms. The van der Waals surface area contributed by atoms with Crippen molar-refractivity contribution in [1.29, 1.82) is 5.26 Å². The minimum absolute atomic E-state index is 0.0704. The van der Waals surface area contributed by atoms with Gasteiger partial charge >= 0.3 is 5.97 Å². The van der Waals surface area contributed by atoms with Crippen molar-refractivity contribution >= 4 is 5.97 Å². The fourth-order valence-corrected chi connectivity index (χ4v) is 2.73. The number of nitriles is 1. The van der Waals surface area contributed by atoms with Gasteiger partial charge in [0.25, 0.3) is 0 Å². The van der Waals surface area contributed by atoms with Crippen LogP contribution in [-0.4, -0.2) is 15.6 Å². The van der Waals surface area contributed by atoms with Crippen LogP contribution in [0.25, 0.3) is 22.3 Å². The molecule has 0 saturated heterocycles. The van der Waals surface area contributed by atoms with Gasteiger partial charge in [0.15, 0.2) is 0 Å². The van der Waals surface area contributed by atoms with Gasteiger partial charge in [-0.2, -0.15) is 5.26 Å². The summed E-state index contributed by atoms with van der Waals surface area (Å²) in [6, 6.07) is 15.3. The Hall–Kier alpha value is -3.39. The van der Waals surface area contributed by atoms with E-state index >= 15 is 0 Å². The number of halogens is 1. The summed E-state index contributed by atoms with van der Waals surface area (Å²) in [5, 5.41) is 18.7. The Kier molecular flexibility index (Phi) is 5.92. The van der Waals surface area contributed by atoms with E-state index in [9.17, 15) is 19.6 Å². The van der Waals surface area contributed by atoms with Crippen molar-refractivity contribution in [1.82, 2.24) is 4.57 Å². The number of aromatic nitrogens is 1. The Labute approximate surface area is 151 Å². The van der Waals surface area contributed by atoms with Crippen molar-refractivity contribution in [3.8, 4) is 28.3 Å². The molecule has 0 saturated carbocycles. The maximum absolute atomic E-state index is 13.0. The standard InChI is InChI=1S/C19H13FN2O2.C2H6/c1-22-11-15(10-21)17(18(22)19(23)24)14-4-2-12(3-5-14)13-6-8-16(20)9-7-13;1-2/h2-9,11H,1H3,(H,23,24);1-2H3. The fourth-order valence-electron chi connectivity index (χ4n) is 2.73. The molecule has 0 atom stereocenters. The second kappa shape index (κ2) is 8.13.